The summed E-state index contributed by atoms with van der Waals surface area (Å²) in [5, 5.41) is 20.2. The lowest BCUT2D eigenvalue weighted by atomic mass is 9.78. The molecule has 2 aliphatic rings. The van der Waals surface area contributed by atoms with Gasteiger partial charge in [-0.25, -0.2) is 9.59 Å². The Morgan fingerprint density at radius 1 is 1.29 bits per heavy atom. The summed E-state index contributed by atoms with van der Waals surface area (Å²) in [6.07, 6.45) is -0.852. The zero-order chi connectivity index (χ0) is 20.2. The summed E-state index contributed by atoms with van der Waals surface area (Å²) in [7, 11) is 0. The molecule has 0 spiro atoms. The topological polar surface area (TPSA) is 117 Å². The molecule has 8 heteroatoms. The number of hydrogen-bond donors (Lipinski definition) is 2. The maximum atomic E-state index is 12.3. The summed E-state index contributed by atoms with van der Waals surface area (Å²) >= 11 is 0. The second kappa shape index (κ2) is 6.49. The largest absolute Gasteiger partial charge is 0.489 e. The van der Waals surface area contributed by atoms with Crippen LogP contribution in [0, 0.1) is 11.8 Å². The van der Waals surface area contributed by atoms with Crippen molar-refractivity contribution in [3.63, 3.8) is 0 Å². The van der Waals surface area contributed by atoms with Gasteiger partial charge in [0.1, 0.15) is 23.6 Å². The standard InChI is InChI=1S/C20H19NO7/c1-9-13(18(20(25)26)21-17(9)16(10(2)22)19(21)24)8-27-12-5-3-11-4-6-15(23)28-14(11)7-12/h3-7,9-10,16-17,22H,8H2,1-2H3,(H,25,26)/t9-,10+,16+,17+/m0/s1. The molecule has 0 radical (unpaired) electrons. The molecule has 3 heterocycles. The number of rotatable bonds is 5. The van der Waals surface area contributed by atoms with E-state index in [4.69, 9.17) is 9.15 Å². The molecular formula is C20H19NO7. The number of β-lactam (4-membered cyclic amide) rings is 1. The van der Waals surface area contributed by atoms with Crippen LogP contribution in [0.15, 0.2) is 50.8 Å². The number of carbonyl (C=O) groups excluding carboxylic acids is 1. The van der Waals surface area contributed by atoms with E-state index in [0.29, 0.717) is 16.9 Å². The number of aliphatic hydroxyl groups is 1. The molecule has 28 heavy (non-hydrogen) atoms. The summed E-state index contributed by atoms with van der Waals surface area (Å²) < 4.78 is 10.9. The number of carbonyl (C=O) groups is 2. The number of amides is 1. The summed E-state index contributed by atoms with van der Waals surface area (Å²) in [6.45, 7) is 3.33. The van der Waals surface area contributed by atoms with Crippen LogP contribution in [0.3, 0.4) is 0 Å². The second-order valence-corrected chi connectivity index (χ2v) is 7.18. The normalized spacial score (nSPS) is 24.9. The average molecular weight is 385 g/mol. The molecule has 8 nitrogen and oxygen atoms in total. The lowest BCUT2D eigenvalue weighted by Crippen LogP contribution is -2.63. The fourth-order valence-electron chi connectivity index (χ4n) is 4.13. The number of aliphatic hydroxyl groups excluding tert-OH is 1. The molecule has 0 unspecified atom stereocenters. The van der Waals surface area contributed by atoms with Gasteiger partial charge in [-0.1, -0.05) is 6.92 Å². The number of carboxylic acids is 1. The highest BCUT2D eigenvalue weighted by Gasteiger charge is 2.59. The molecule has 4 atom stereocenters. The Hall–Kier alpha value is -3.13. The predicted octanol–water partition coefficient (Wildman–Crippen LogP) is 1.37. The number of ether oxygens (including phenoxy) is 1. The minimum absolute atomic E-state index is 0.0296. The van der Waals surface area contributed by atoms with Crippen molar-refractivity contribution in [2.24, 2.45) is 11.8 Å². The Morgan fingerprint density at radius 3 is 2.68 bits per heavy atom. The molecule has 146 valence electrons. The van der Waals surface area contributed by atoms with Gasteiger partial charge in [-0.3, -0.25) is 4.79 Å². The molecule has 0 aliphatic carbocycles. The highest BCUT2D eigenvalue weighted by molar-refractivity contribution is 6.00. The van der Waals surface area contributed by atoms with Gasteiger partial charge >= 0.3 is 11.6 Å². The lowest BCUT2D eigenvalue weighted by Gasteiger charge is -2.46. The average Bonchev–Trinajstić information content (AvgIpc) is 2.88. The van der Waals surface area contributed by atoms with Gasteiger partial charge in [-0.2, -0.15) is 0 Å². The van der Waals surface area contributed by atoms with E-state index in [0.717, 1.165) is 5.39 Å². The number of fused-ring (bicyclic) bond motifs is 2. The van der Waals surface area contributed by atoms with Crippen molar-refractivity contribution in [3.8, 4) is 5.75 Å². The van der Waals surface area contributed by atoms with Crippen LogP contribution in [0.2, 0.25) is 0 Å². The van der Waals surface area contributed by atoms with Gasteiger partial charge in [-0.05, 0) is 25.1 Å². The van der Waals surface area contributed by atoms with Crippen LogP contribution in [-0.2, 0) is 9.59 Å². The van der Waals surface area contributed by atoms with E-state index in [2.05, 4.69) is 0 Å². The number of nitrogens with zero attached hydrogens (tertiary/aromatic N) is 1. The van der Waals surface area contributed by atoms with Crippen molar-refractivity contribution in [2.75, 3.05) is 6.61 Å². The number of carboxylic acid groups (broad SMARTS) is 1. The predicted molar refractivity (Wildman–Crippen MR) is 97.6 cm³/mol. The fraction of sp³-hybridized carbons (Fsp3) is 0.350. The van der Waals surface area contributed by atoms with E-state index in [9.17, 15) is 24.6 Å². The van der Waals surface area contributed by atoms with Crippen LogP contribution < -0.4 is 10.4 Å². The first-order chi connectivity index (χ1) is 13.3. The van der Waals surface area contributed by atoms with Crippen LogP contribution in [0.4, 0.5) is 0 Å². The molecule has 0 bridgehead atoms. The third kappa shape index (κ3) is 2.68. The first kappa shape index (κ1) is 18.2. The van der Waals surface area contributed by atoms with E-state index in [-0.39, 0.29) is 30.2 Å². The first-order valence-electron chi connectivity index (χ1n) is 8.93. The molecule has 2 aliphatic heterocycles. The first-order valence-corrected chi connectivity index (χ1v) is 8.93. The van der Waals surface area contributed by atoms with Crippen LogP contribution in [0.5, 0.6) is 5.75 Å². The lowest BCUT2D eigenvalue weighted by molar-refractivity contribution is -0.163. The smallest absolute Gasteiger partial charge is 0.352 e. The van der Waals surface area contributed by atoms with E-state index in [1.165, 1.54) is 17.9 Å². The minimum Gasteiger partial charge on any atom is -0.489 e. The molecule has 1 aromatic heterocycles. The molecular weight excluding hydrogens is 366 g/mol. The highest BCUT2D eigenvalue weighted by atomic mass is 16.5. The Labute approximate surface area is 159 Å². The molecule has 0 saturated carbocycles. The fourth-order valence-corrected chi connectivity index (χ4v) is 4.13. The van der Waals surface area contributed by atoms with Crippen molar-refractivity contribution in [1.82, 2.24) is 4.90 Å². The van der Waals surface area contributed by atoms with Gasteiger partial charge < -0.3 is 24.3 Å². The van der Waals surface area contributed by atoms with Gasteiger partial charge in [0.2, 0.25) is 5.91 Å². The van der Waals surface area contributed by atoms with Crippen molar-refractivity contribution < 1.29 is 29.0 Å². The van der Waals surface area contributed by atoms with E-state index in [1.54, 1.807) is 24.3 Å². The molecule has 1 saturated heterocycles. The van der Waals surface area contributed by atoms with Gasteiger partial charge in [0.05, 0.1) is 18.1 Å². The third-order valence-corrected chi connectivity index (χ3v) is 5.51. The van der Waals surface area contributed by atoms with Gasteiger partial charge in [0.15, 0.2) is 0 Å². The number of benzene rings is 1. The van der Waals surface area contributed by atoms with Crippen molar-refractivity contribution in [2.45, 2.75) is 26.0 Å². The highest BCUT2D eigenvalue weighted by Crippen LogP contribution is 2.47. The Bertz CT molecular complexity index is 1070. The maximum Gasteiger partial charge on any atom is 0.352 e. The maximum absolute atomic E-state index is 12.3. The number of aliphatic carboxylic acids is 1. The molecule has 4 rings (SSSR count). The Morgan fingerprint density at radius 2 is 2.00 bits per heavy atom. The quantitative estimate of drug-likeness (QED) is 0.590. The van der Waals surface area contributed by atoms with Crippen molar-refractivity contribution >= 4 is 22.8 Å². The van der Waals surface area contributed by atoms with Gasteiger partial charge in [0.25, 0.3) is 0 Å². The van der Waals surface area contributed by atoms with Crippen LogP contribution in [0.25, 0.3) is 11.0 Å². The summed E-state index contributed by atoms with van der Waals surface area (Å²) in [4.78, 5) is 36.7. The minimum atomic E-state index is -1.20. The second-order valence-electron chi connectivity index (χ2n) is 7.18. The van der Waals surface area contributed by atoms with Gasteiger partial charge in [-0.15, -0.1) is 0 Å². The monoisotopic (exact) mass is 385 g/mol. The van der Waals surface area contributed by atoms with E-state index < -0.39 is 23.6 Å². The molecule has 1 aromatic carbocycles. The Balaban J connectivity index is 1.61. The molecule has 2 aromatic rings. The van der Waals surface area contributed by atoms with Crippen LogP contribution in [-0.4, -0.2) is 45.7 Å². The molecule has 2 N–H and O–H groups in total. The van der Waals surface area contributed by atoms with Gasteiger partial charge in [0, 0.05) is 29.0 Å². The molecule has 1 amide bonds. The summed E-state index contributed by atoms with van der Waals surface area (Å²) in [6, 6.07) is 7.58. The van der Waals surface area contributed by atoms with Crippen molar-refractivity contribution in [1.29, 1.82) is 0 Å². The summed E-state index contributed by atoms with van der Waals surface area (Å²) in [5.41, 5.74) is 0.303. The number of hydrogen-bond acceptors (Lipinski definition) is 6. The van der Waals surface area contributed by atoms with Crippen molar-refractivity contribution in [3.05, 3.63) is 52.0 Å². The Kier molecular flexibility index (Phi) is 4.23. The summed E-state index contributed by atoms with van der Waals surface area (Å²) in [5.74, 6) is -2.04. The SMILES string of the molecule is C[C@@H](O)[C@H]1C(=O)N2C(C(=O)O)=C(COc3ccc4ccc(=O)oc4c3)[C@H](C)[C@H]12. The zero-order valence-corrected chi connectivity index (χ0v) is 15.3. The van der Waals surface area contributed by atoms with E-state index >= 15 is 0 Å². The third-order valence-electron chi connectivity index (χ3n) is 5.51. The zero-order valence-electron chi connectivity index (χ0n) is 15.3. The van der Waals surface area contributed by atoms with E-state index in [1.807, 2.05) is 6.92 Å². The van der Waals surface area contributed by atoms with Crippen LogP contribution >= 0.6 is 0 Å². The molecule has 1 fully saturated rings. The van der Waals surface area contributed by atoms with Crippen LogP contribution in [0.1, 0.15) is 13.8 Å².